The third-order valence-electron chi connectivity index (χ3n) is 1.91. The van der Waals surface area contributed by atoms with Crippen LogP contribution in [0.4, 0.5) is 5.69 Å². The van der Waals surface area contributed by atoms with Crippen molar-refractivity contribution in [1.29, 1.82) is 0 Å². The Morgan fingerprint density at radius 1 is 1.56 bits per heavy atom. The van der Waals surface area contributed by atoms with E-state index < -0.39 is 4.92 Å². The van der Waals surface area contributed by atoms with Crippen LogP contribution in [0.1, 0.15) is 5.56 Å². The second-order valence-corrected chi connectivity index (χ2v) is 4.60. The number of thioether (sulfide) groups is 1. The van der Waals surface area contributed by atoms with E-state index in [4.69, 9.17) is 16.3 Å². The topological polar surface area (TPSA) is 52.4 Å². The quantitative estimate of drug-likeness (QED) is 0.448. The minimum absolute atomic E-state index is 0.0356. The van der Waals surface area contributed by atoms with Crippen LogP contribution in [0.5, 0.6) is 0 Å². The van der Waals surface area contributed by atoms with Gasteiger partial charge in [0.1, 0.15) is 5.02 Å². The third kappa shape index (κ3) is 4.00. The van der Waals surface area contributed by atoms with Crippen molar-refractivity contribution in [3.63, 3.8) is 0 Å². The molecule has 1 aromatic rings. The van der Waals surface area contributed by atoms with E-state index in [-0.39, 0.29) is 10.7 Å². The molecule has 6 heteroatoms. The summed E-state index contributed by atoms with van der Waals surface area (Å²) >= 11 is 7.37. The zero-order chi connectivity index (χ0) is 12.0. The zero-order valence-electron chi connectivity index (χ0n) is 8.81. The molecule has 0 fully saturated rings. The first-order chi connectivity index (χ1) is 7.65. The molecule has 0 atom stereocenters. The number of nitrogens with zero attached hydrogens (tertiary/aromatic N) is 1. The van der Waals surface area contributed by atoms with Crippen molar-refractivity contribution in [3.8, 4) is 0 Å². The summed E-state index contributed by atoms with van der Waals surface area (Å²) in [5, 5.41) is 10.8. The maximum Gasteiger partial charge on any atom is 0.288 e. The van der Waals surface area contributed by atoms with Gasteiger partial charge in [-0.15, -0.1) is 0 Å². The molecule has 0 heterocycles. The normalized spacial score (nSPS) is 10.4. The summed E-state index contributed by atoms with van der Waals surface area (Å²) in [7, 11) is 1.65. The molecule has 0 radical (unpaired) electrons. The fraction of sp³-hybridized carbons (Fsp3) is 0.400. The van der Waals surface area contributed by atoms with Gasteiger partial charge in [-0.05, 0) is 11.6 Å². The van der Waals surface area contributed by atoms with Gasteiger partial charge in [-0.3, -0.25) is 10.1 Å². The van der Waals surface area contributed by atoms with Crippen molar-refractivity contribution in [2.45, 2.75) is 5.75 Å². The molecule has 0 aliphatic heterocycles. The third-order valence-corrected chi connectivity index (χ3v) is 3.22. The van der Waals surface area contributed by atoms with Crippen LogP contribution in [-0.2, 0) is 10.5 Å². The highest BCUT2D eigenvalue weighted by atomic mass is 35.5. The van der Waals surface area contributed by atoms with Crippen LogP contribution in [0.2, 0.25) is 5.02 Å². The Balaban J connectivity index is 2.61. The van der Waals surface area contributed by atoms with Crippen molar-refractivity contribution >= 4 is 29.1 Å². The van der Waals surface area contributed by atoms with Gasteiger partial charge >= 0.3 is 0 Å². The average Bonchev–Trinajstić information content (AvgIpc) is 2.26. The highest BCUT2D eigenvalue weighted by Crippen LogP contribution is 2.26. The Kier molecular flexibility index (Phi) is 5.59. The van der Waals surface area contributed by atoms with Gasteiger partial charge in [-0.1, -0.05) is 17.7 Å². The van der Waals surface area contributed by atoms with E-state index in [0.29, 0.717) is 6.61 Å². The Hall–Kier alpha value is -0.780. The standard InChI is InChI=1S/C10H12ClNO3S/c1-15-4-5-16-7-8-2-3-9(11)10(6-8)12(13)14/h2-3,6H,4-5,7H2,1H3. The molecule has 0 aromatic heterocycles. The second kappa shape index (κ2) is 6.73. The highest BCUT2D eigenvalue weighted by molar-refractivity contribution is 7.98. The molecular weight excluding hydrogens is 250 g/mol. The summed E-state index contributed by atoms with van der Waals surface area (Å²) in [6.07, 6.45) is 0. The molecule has 88 valence electrons. The molecule has 0 saturated carbocycles. The lowest BCUT2D eigenvalue weighted by Crippen LogP contribution is -1.94. The molecule has 1 rings (SSSR count). The molecular formula is C10H12ClNO3S. The Bertz CT molecular complexity index is 373. The van der Waals surface area contributed by atoms with Crippen LogP contribution in [0.15, 0.2) is 18.2 Å². The van der Waals surface area contributed by atoms with Gasteiger partial charge in [0.05, 0.1) is 11.5 Å². The van der Waals surface area contributed by atoms with E-state index in [9.17, 15) is 10.1 Å². The van der Waals surface area contributed by atoms with Gasteiger partial charge in [0, 0.05) is 24.7 Å². The predicted molar refractivity (Wildman–Crippen MR) is 66.1 cm³/mol. The maximum absolute atomic E-state index is 10.6. The second-order valence-electron chi connectivity index (χ2n) is 3.09. The lowest BCUT2D eigenvalue weighted by atomic mass is 10.2. The molecule has 0 spiro atoms. The van der Waals surface area contributed by atoms with E-state index in [2.05, 4.69) is 0 Å². The van der Waals surface area contributed by atoms with E-state index in [1.54, 1.807) is 31.0 Å². The minimum Gasteiger partial charge on any atom is -0.384 e. The summed E-state index contributed by atoms with van der Waals surface area (Å²) in [6.45, 7) is 0.681. The van der Waals surface area contributed by atoms with E-state index in [1.807, 2.05) is 0 Å². The van der Waals surface area contributed by atoms with Gasteiger partial charge in [-0.2, -0.15) is 11.8 Å². The lowest BCUT2D eigenvalue weighted by Gasteiger charge is -2.02. The van der Waals surface area contributed by atoms with Crippen molar-refractivity contribution in [3.05, 3.63) is 38.9 Å². The fourth-order valence-electron chi connectivity index (χ4n) is 1.12. The summed E-state index contributed by atoms with van der Waals surface area (Å²) in [6, 6.07) is 4.88. The maximum atomic E-state index is 10.6. The summed E-state index contributed by atoms with van der Waals surface area (Å²) in [5.74, 6) is 1.59. The SMILES string of the molecule is COCCSCc1ccc(Cl)c([N+](=O)[O-])c1. The number of hydrogen-bond donors (Lipinski definition) is 0. The van der Waals surface area contributed by atoms with Gasteiger partial charge in [0.25, 0.3) is 5.69 Å². The molecule has 0 bridgehead atoms. The van der Waals surface area contributed by atoms with Crippen molar-refractivity contribution < 1.29 is 9.66 Å². The number of benzene rings is 1. The fourth-order valence-corrected chi connectivity index (χ4v) is 2.15. The molecule has 0 saturated heterocycles. The van der Waals surface area contributed by atoms with Crippen LogP contribution in [0.25, 0.3) is 0 Å². The van der Waals surface area contributed by atoms with E-state index in [1.165, 1.54) is 6.07 Å². The number of rotatable bonds is 6. The molecule has 0 N–H and O–H groups in total. The number of nitro groups is 1. The first-order valence-electron chi connectivity index (χ1n) is 4.64. The molecule has 0 aliphatic rings. The molecule has 0 amide bonds. The predicted octanol–water partition coefficient (Wildman–Crippen LogP) is 3.13. The molecule has 0 unspecified atom stereocenters. The van der Waals surface area contributed by atoms with Crippen molar-refractivity contribution in [2.24, 2.45) is 0 Å². The average molecular weight is 262 g/mol. The van der Waals surface area contributed by atoms with Crippen LogP contribution >= 0.6 is 23.4 Å². The van der Waals surface area contributed by atoms with Gasteiger partial charge in [-0.25, -0.2) is 0 Å². The number of nitro benzene ring substituents is 1. The highest BCUT2D eigenvalue weighted by Gasteiger charge is 2.12. The van der Waals surface area contributed by atoms with E-state index >= 15 is 0 Å². The number of methoxy groups -OCH3 is 1. The van der Waals surface area contributed by atoms with E-state index in [0.717, 1.165) is 17.1 Å². The summed E-state index contributed by atoms with van der Waals surface area (Å²) < 4.78 is 4.91. The van der Waals surface area contributed by atoms with Gasteiger partial charge in [0.15, 0.2) is 0 Å². The molecule has 0 aliphatic carbocycles. The lowest BCUT2D eigenvalue weighted by molar-refractivity contribution is -0.384. The summed E-state index contributed by atoms with van der Waals surface area (Å²) in [4.78, 5) is 10.2. The van der Waals surface area contributed by atoms with Crippen molar-refractivity contribution in [2.75, 3.05) is 19.5 Å². The molecule has 4 nitrogen and oxygen atoms in total. The Morgan fingerprint density at radius 2 is 2.31 bits per heavy atom. The molecule has 16 heavy (non-hydrogen) atoms. The van der Waals surface area contributed by atoms with Gasteiger partial charge < -0.3 is 4.74 Å². The minimum atomic E-state index is -0.467. The first kappa shape index (κ1) is 13.3. The van der Waals surface area contributed by atoms with Crippen LogP contribution < -0.4 is 0 Å². The first-order valence-corrected chi connectivity index (χ1v) is 6.18. The number of hydrogen-bond acceptors (Lipinski definition) is 4. The van der Waals surface area contributed by atoms with Crippen molar-refractivity contribution in [1.82, 2.24) is 0 Å². The monoisotopic (exact) mass is 261 g/mol. The smallest absolute Gasteiger partial charge is 0.288 e. The Morgan fingerprint density at radius 3 is 2.94 bits per heavy atom. The zero-order valence-corrected chi connectivity index (χ0v) is 10.4. The number of ether oxygens (including phenoxy) is 1. The van der Waals surface area contributed by atoms with Crippen LogP contribution in [0, 0.1) is 10.1 Å². The molecule has 1 aromatic carbocycles. The van der Waals surface area contributed by atoms with Crippen LogP contribution in [-0.4, -0.2) is 24.4 Å². The summed E-state index contributed by atoms with van der Waals surface area (Å²) in [5.41, 5.74) is 0.865. The number of halogens is 1. The van der Waals surface area contributed by atoms with Crippen LogP contribution in [0.3, 0.4) is 0 Å². The van der Waals surface area contributed by atoms with Gasteiger partial charge in [0.2, 0.25) is 0 Å². The largest absolute Gasteiger partial charge is 0.384 e. The Labute approximate surface area is 103 Å².